The fraction of sp³-hybridized carbons (Fsp3) is 0.529. The summed E-state index contributed by atoms with van der Waals surface area (Å²) in [5.41, 5.74) is 1.40. The third-order valence-corrected chi connectivity index (χ3v) is 3.68. The van der Waals surface area contributed by atoms with E-state index in [1.165, 1.54) is 0 Å². The monoisotopic (exact) mass is 319 g/mol. The van der Waals surface area contributed by atoms with E-state index in [2.05, 4.69) is 10.2 Å². The van der Waals surface area contributed by atoms with Gasteiger partial charge in [0.2, 0.25) is 5.91 Å². The lowest BCUT2D eigenvalue weighted by atomic mass is 10.1. The molecule has 0 radical (unpaired) electrons. The van der Waals surface area contributed by atoms with Gasteiger partial charge in [-0.05, 0) is 45.3 Å². The molecule has 23 heavy (non-hydrogen) atoms. The molecule has 1 aliphatic rings. The molecule has 0 fully saturated rings. The van der Waals surface area contributed by atoms with Gasteiger partial charge in [0.1, 0.15) is 5.75 Å². The molecule has 126 valence electrons. The van der Waals surface area contributed by atoms with Crippen LogP contribution >= 0.6 is 0 Å². The molecular weight excluding hydrogens is 294 g/mol. The number of fused-ring (bicyclic) bond motifs is 1. The Bertz CT molecular complexity index is 584. The second-order valence-corrected chi connectivity index (χ2v) is 6.32. The second-order valence-electron chi connectivity index (χ2n) is 6.32. The third kappa shape index (κ3) is 4.45. The fourth-order valence-electron chi connectivity index (χ4n) is 2.36. The third-order valence-electron chi connectivity index (χ3n) is 3.68. The zero-order valence-electron chi connectivity index (χ0n) is 14.3. The molecule has 2 amide bonds. The molecule has 0 saturated heterocycles. The lowest BCUT2D eigenvalue weighted by Gasteiger charge is -2.30. The first-order valence-electron chi connectivity index (χ1n) is 7.91. The standard InChI is InChI=1S/C17H25N3O3/c1-12(2)17(22)18-13-6-7-15-14(10-13)20(16(21)11-23-15)9-5-8-19(3)4/h6-7,10,12H,5,8-9,11H2,1-4H3,(H,18,22). The van der Waals surface area contributed by atoms with Gasteiger partial charge >= 0.3 is 0 Å². The van der Waals surface area contributed by atoms with Gasteiger partial charge in [-0.15, -0.1) is 0 Å². The molecule has 0 aliphatic carbocycles. The van der Waals surface area contributed by atoms with Crippen LogP contribution in [0.3, 0.4) is 0 Å². The maximum atomic E-state index is 12.2. The van der Waals surface area contributed by atoms with E-state index in [0.29, 0.717) is 18.0 Å². The Labute approximate surface area is 137 Å². The number of hydrogen-bond acceptors (Lipinski definition) is 4. The van der Waals surface area contributed by atoms with E-state index < -0.39 is 0 Å². The molecule has 1 N–H and O–H groups in total. The molecule has 0 saturated carbocycles. The molecule has 1 aromatic carbocycles. The summed E-state index contributed by atoms with van der Waals surface area (Å²) in [6, 6.07) is 5.41. The van der Waals surface area contributed by atoms with Gasteiger partial charge in [-0.2, -0.15) is 0 Å². The zero-order valence-corrected chi connectivity index (χ0v) is 14.3. The highest BCUT2D eigenvalue weighted by Crippen LogP contribution is 2.34. The maximum absolute atomic E-state index is 12.2. The lowest BCUT2D eigenvalue weighted by Crippen LogP contribution is -2.40. The Balaban J connectivity index is 2.17. The smallest absolute Gasteiger partial charge is 0.265 e. The van der Waals surface area contributed by atoms with Crippen molar-refractivity contribution in [2.24, 2.45) is 5.92 Å². The molecular formula is C17H25N3O3. The molecule has 1 aromatic rings. The number of amides is 2. The number of nitrogens with one attached hydrogen (secondary N) is 1. The molecule has 1 aliphatic heterocycles. The van der Waals surface area contributed by atoms with Gasteiger partial charge in [0.25, 0.3) is 5.91 Å². The van der Waals surface area contributed by atoms with Crippen molar-refractivity contribution in [1.29, 1.82) is 0 Å². The number of hydrogen-bond donors (Lipinski definition) is 1. The summed E-state index contributed by atoms with van der Waals surface area (Å²) in [7, 11) is 4.02. The van der Waals surface area contributed by atoms with Crippen molar-refractivity contribution in [3.8, 4) is 5.75 Å². The lowest BCUT2D eigenvalue weighted by molar-refractivity contribution is -0.121. The van der Waals surface area contributed by atoms with Crippen molar-refractivity contribution < 1.29 is 14.3 Å². The van der Waals surface area contributed by atoms with Crippen LogP contribution in [0.25, 0.3) is 0 Å². The zero-order chi connectivity index (χ0) is 17.0. The van der Waals surface area contributed by atoms with Gasteiger partial charge < -0.3 is 19.9 Å². The van der Waals surface area contributed by atoms with E-state index in [9.17, 15) is 9.59 Å². The summed E-state index contributed by atoms with van der Waals surface area (Å²) in [6.45, 7) is 5.28. The number of rotatable bonds is 6. The Kier molecular flexibility index (Phi) is 5.60. The van der Waals surface area contributed by atoms with E-state index in [-0.39, 0.29) is 24.3 Å². The van der Waals surface area contributed by atoms with Gasteiger partial charge in [-0.3, -0.25) is 9.59 Å². The summed E-state index contributed by atoms with van der Waals surface area (Å²) in [4.78, 5) is 27.9. The first-order chi connectivity index (χ1) is 10.9. The Morgan fingerprint density at radius 1 is 1.39 bits per heavy atom. The minimum Gasteiger partial charge on any atom is -0.482 e. The van der Waals surface area contributed by atoms with Gasteiger partial charge in [-0.25, -0.2) is 0 Å². The van der Waals surface area contributed by atoms with E-state index >= 15 is 0 Å². The summed E-state index contributed by atoms with van der Waals surface area (Å²) < 4.78 is 5.49. The average molecular weight is 319 g/mol. The highest BCUT2D eigenvalue weighted by atomic mass is 16.5. The van der Waals surface area contributed by atoms with E-state index in [1.807, 2.05) is 34.0 Å². The summed E-state index contributed by atoms with van der Waals surface area (Å²) in [5, 5.41) is 2.86. The van der Waals surface area contributed by atoms with Gasteiger partial charge in [0.15, 0.2) is 6.61 Å². The molecule has 6 heteroatoms. The van der Waals surface area contributed by atoms with Crippen LogP contribution in [-0.2, 0) is 9.59 Å². The predicted molar refractivity (Wildman–Crippen MR) is 90.9 cm³/mol. The second kappa shape index (κ2) is 7.46. The van der Waals surface area contributed by atoms with Crippen LogP contribution in [0.4, 0.5) is 11.4 Å². The van der Waals surface area contributed by atoms with Crippen LogP contribution in [-0.4, -0.2) is 50.5 Å². The first kappa shape index (κ1) is 17.3. The summed E-state index contributed by atoms with van der Waals surface area (Å²) in [6.07, 6.45) is 0.876. The molecule has 2 rings (SSSR count). The van der Waals surface area contributed by atoms with Crippen LogP contribution < -0.4 is 15.0 Å². The molecule has 0 aromatic heterocycles. The molecule has 6 nitrogen and oxygen atoms in total. The summed E-state index contributed by atoms with van der Waals surface area (Å²) >= 11 is 0. The van der Waals surface area contributed by atoms with E-state index in [0.717, 1.165) is 18.7 Å². The topological polar surface area (TPSA) is 61.9 Å². The molecule has 0 atom stereocenters. The van der Waals surface area contributed by atoms with Crippen molar-refractivity contribution in [2.75, 3.05) is 44.0 Å². The normalized spacial score (nSPS) is 14.0. The highest BCUT2D eigenvalue weighted by Gasteiger charge is 2.25. The maximum Gasteiger partial charge on any atom is 0.265 e. The van der Waals surface area contributed by atoms with Crippen molar-refractivity contribution in [2.45, 2.75) is 20.3 Å². The Morgan fingerprint density at radius 3 is 2.78 bits per heavy atom. The molecule has 1 heterocycles. The molecule has 0 spiro atoms. The average Bonchev–Trinajstić information content (AvgIpc) is 2.49. The van der Waals surface area contributed by atoms with Crippen LogP contribution in [0.1, 0.15) is 20.3 Å². The van der Waals surface area contributed by atoms with Crippen LogP contribution in [0, 0.1) is 5.92 Å². The van der Waals surface area contributed by atoms with Crippen molar-refractivity contribution in [3.63, 3.8) is 0 Å². The number of carbonyl (C=O) groups is 2. The minimum atomic E-state index is -0.0971. The highest BCUT2D eigenvalue weighted by molar-refractivity contribution is 5.99. The van der Waals surface area contributed by atoms with Crippen molar-refractivity contribution in [3.05, 3.63) is 18.2 Å². The van der Waals surface area contributed by atoms with Crippen molar-refractivity contribution in [1.82, 2.24) is 4.90 Å². The van der Waals surface area contributed by atoms with Crippen molar-refractivity contribution >= 4 is 23.2 Å². The van der Waals surface area contributed by atoms with E-state index in [1.54, 1.807) is 17.0 Å². The predicted octanol–water partition coefficient (Wildman–Crippen LogP) is 1.96. The minimum absolute atomic E-state index is 0.0489. The number of benzene rings is 1. The number of ether oxygens (including phenoxy) is 1. The largest absolute Gasteiger partial charge is 0.482 e. The number of nitrogens with zero attached hydrogens (tertiary/aromatic N) is 2. The quantitative estimate of drug-likeness (QED) is 0.871. The van der Waals surface area contributed by atoms with Gasteiger partial charge in [0.05, 0.1) is 5.69 Å². The van der Waals surface area contributed by atoms with Gasteiger partial charge in [-0.1, -0.05) is 13.8 Å². The van der Waals surface area contributed by atoms with Crippen LogP contribution in [0.15, 0.2) is 18.2 Å². The molecule has 0 bridgehead atoms. The van der Waals surface area contributed by atoms with Crippen LogP contribution in [0.5, 0.6) is 5.75 Å². The van der Waals surface area contributed by atoms with Crippen LogP contribution in [0.2, 0.25) is 0 Å². The summed E-state index contributed by atoms with van der Waals surface area (Å²) in [5.74, 6) is 0.480. The molecule has 0 unspecified atom stereocenters. The Hall–Kier alpha value is -2.08. The SMILES string of the molecule is CC(C)C(=O)Nc1ccc2c(c1)N(CCCN(C)C)C(=O)CO2. The number of carbonyl (C=O) groups excluding carboxylic acids is 2. The van der Waals surface area contributed by atoms with E-state index in [4.69, 9.17) is 4.74 Å². The Morgan fingerprint density at radius 2 is 2.13 bits per heavy atom. The fourth-order valence-corrected chi connectivity index (χ4v) is 2.36. The number of anilines is 2. The first-order valence-corrected chi connectivity index (χ1v) is 7.91. The van der Waals surface area contributed by atoms with Gasteiger partial charge in [0, 0.05) is 18.2 Å².